The van der Waals surface area contributed by atoms with Crippen molar-refractivity contribution in [2.45, 2.75) is 39.0 Å². The van der Waals surface area contributed by atoms with E-state index in [-0.39, 0.29) is 0 Å². The lowest BCUT2D eigenvalue weighted by Gasteiger charge is -1.98. The maximum absolute atomic E-state index is 3.55. The molecule has 72 valence electrons. The molecule has 2 aliphatic rings. The third-order valence-electron chi connectivity index (χ3n) is 2.70. The Labute approximate surface area is 82.0 Å². The number of fused-ring (bicyclic) bond motifs is 2. The van der Waals surface area contributed by atoms with Crippen LogP contribution in [0.25, 0.3) is 0 Å². The van der Waals surface area contributed by atoms with Gasteiger partial charge in [-0.15, -0.1) is 6.58 Å². The first-order valence-electron chi connectivity index (χ1n) is 5.26. The molecule has 0 amide bonds. The lowest BCUT2D eigenvalue weighted by atomic mass is 10.1. The van der Waals surface area contributed by atoms with Gasteiger partial charge in [-0.05, 0) is 44.9 Å². The summed E-state index contributed by atoms with van der Waals surface area (Å²) >= 11 is 0. The SMILES string of the molecule is C1=C2CCC(C1)C2.C=CC/C=C/C. The highest BCUT2D eigenvalue weighted by Gasteiger charge is 2.22. The van der Waals surface area contributed by atoms with Crippen molar-refractivity contribution in [2.75, 3.05) is 0 Å². The standard InChI is InChI=1S/C7H10.C6H10/c1-2-7-4-3-6(1)5-7;1-3-5-6-4-2/h1,7H,2-5H2;3-4,6H,1,5H2,2H3/b;6-4+. The van der Waals surface area contributed by atoms with Crippen LogP contribution in [0.4, 0.5) is 0 Å². The van der Waals surface area contributed by atoms with E-state index in [2.05, 4.69) is 18.7 Å². The van der Waals surface area contributed by atoms with Crippen LogP contribution in [0.1, 0.15) is 39.0 Å². The normalized spacial score (nSPS) is 24.1. The zero-order valence-electron chi connectivity index (χ0n) is 8.63. The fourth-order valence-corrected chi connectivity index (χ4v) is 1.92. The first-order chi connectivity index (χ1) is 6.36. The minimum Gasteiger partial charge on any atom is -0.103 e. The lowest BCUT2D eigenvalue weighted by molar-refractivity contribution is 0.576. The lowest BCUT2D eigenvalue weighted by Crippen LogP contribution is -1.85. The van der Waals surface area contributed by atoms with Crippen LogP contribution in [-0.2, 0) is 0 Å². The maximum atomic E-state index is 3.55. The first-order valence-corrected chi connectivity index (χ1v) is 5.26. The summed E-state index contributed by atoms with van der Waals surface area (Å²) in [6.07, 6.45) is 15.1. The third kappa shape index (κ3) is 3.63. The summed E-state index contributed by atoms with van der Waals surface area (Å²) in [5, 5.41) is 0. The minimum absolute atomic E-state index is 0.997. The van der Waals surface area contributed by atoms with Crippen LogP contribution in [0, 0.1) is 5.92 Å². The van der Waals surface area contributed by atoms with Gasteiger partial charge in [-0.1, -0.05) is 29.9 Å². The second kappa shape index (κ2) is 5.80. The van der Waals surface area contributed by atoms with Crippen molar-refractivity contribution >= 4 is 0 Å². The third-order valence-corrected chi connectivity index (χ3v) is 2.70. The number of allylic oxidation sites excluding steroid dienone is 5. The maximum Gasteiger partial charge on any atom is -0.0172 e. The second-order valence-corrected chi connectivity index (χ2v) is 3.80. The molecule has 0 N–H and O–H groups in total. The fraction of sp³-hybridized carbons (Fsp3) is 0.538. The molecule has 0 spiro atoms. The Bertz CT molecular complexity index is 208. The van der Waals surface area contributed by atoms with Crippen molar-refractivity contribution in [3.8, 4) is 0 Å². The second-order valence-electron chi connectivity index (χ2n) is 3.80. The van der Waals surface area contributed by atoms with Crippen LogP contribution >= 0.6 is 0 Å². The highest BCUT2D eigenvalue weighted by molar-refractivity contribution is 5.15. The van der Waals surface area contributed by atoms with E-state index in [0.717, 1.165) is 12.3 Å². The van der Waals surface area contributed by atoms with Crippen molar-refractivity contribution < 1.29 is 0 Å². The molecule has 1 unspecified atom stereocenters. The molecule has 1 saturated carbocycles. The molecule has 2 rings (SSSR count). The average molecular weight is 176 g/mol. The predicted octanol–water partition coefficient (Wildman–Crippen LogP) is 4.26. The molecule has 0 aromatic carbocycles. The first kappa shape index (κ1) is 10.3. The van der Waals surface area contributed by atoms with E-state index < -0.39 is 0 Å². The molecule has 1 fully saturated rings. The summed E-state index contributed by atoms with van der Waals surface area (Å²) in [4.78, 5) is 0. The van der Waals surface area contributed by atoms with Crippen molar-refractivity contribution in [1.82, 2.24) is 0 Å². The van der Waals surface area contributed by atoms with Gasteiger partial charge in [-0.3, -0.25) is 0 Å². The summed E-state index contributed by atoms with van der Waals surface area (Å²) in [5.41, 5.74) is 1.74. The molecule has 0 aliphatic heterocycles. The van der Waals surface area contributed by atoms with E-state index in [9.17, 15) is 0 Å². The van der Waals surface area contributed by atoms with Gasteiger partial charge in [0.2, 0.25) is 0 Å². The van der Waals surface area contributed by atoms with Gasteiger partial charge >= 0.3 is 0 Å². The monoisotopic (exact) mass is 176 g/mol. The van der Waals surface area contributed by atoms with E-state index in [4.69, 9.17) is 0 Å². The van der Waals surface area contributed by atoms with Gasteiger partial charge in [0.05, 0.1) is 0 Å². The summed E-state index contributed by atoms with van der Waals surface area (Å²) in [5.74, 6) is 1.08. The Morgan fingerprint density at radius 1 is 1.62 bits per heavy atom. The molecule has 0 aromatic rings. The van der Waals surface area contributed by atoms with Crippen LogP contribution < -0.4 is 0 Å². The average Bonchev–Trinajstić information content (AvgIpc) is 2.79. The molecule has 2 aliphatic carbocycles. The van der Waals surface area contributed by atoms with Crippen molar-refractivity contribution in [1.29, 1.82) is 0 Å². The van der Waals surface area contributed by atoms with Gasteiger partial charge in [-0.25, -0.2) is 0 Å². The largest absolute Gasteiger partial charge is 0.103 e. The Hall–Kier alpha value is -0.780. The van der Waals surface area contributed by atoms with Crippen LogP contribution in [0.15, 0.2) is 36.5 Å². The van der Waals surface area contributed by atoms with Crippen LogP contribution in [0.5, 0.6) is 0 Å². The Morgan fingerprint density at radius 3 is 2.62 bits per heavy atom. The Balaban J connectivity index is 0.000000133. The van der Waals surface area contributed by atoms with Gasteiger partial charge in [0.25, 0.3) is 0 Å². The van der Waals surface area contributed by atoms with Crippen LogP contribution in [0.2, 0.25) is 0 Å². The highest BCUT2D eigenvalue weighted by Crippen LogP contribution is 2.38. The zero-order valence-corrected chi connectivity index (χ0v) is 8.63. The van der Waals surface area contributed by atoms with Gasteiger partial charge in [0.1, 0.15) is 0 Å². The van der Waals surface area contributed by atoms with Crippen molar-refractivity contribution in [2.24, 2.45) is 5.92 Å². The van der Waals surface area contributed by atoms with Gasteiger partial charge in [-0.2, -0.15) is 0 Å². The molecule has 2 bridgehead atoms. The minimum atomic E-state index is 0.997. The molecule has 0 heterocycles. The molecule has 0 aromatic heterocycles. The number of hydrogen-bond acceptors (Lipinski definition) is 0. The summed E-state index contributed by atoms with van der Waals surface area (Å²) in [6.45, 7) is 5.55. The van der Waals surface area contributed by atoms with Crippen molar-refractivity contribution in [3.05, 3.63) is 36.5 Å². The molecule has 0 heteroatoms. The molecular weight excluding hydrogens is 156 g/mol. The summed E-state index contributed by atoms with van der Waals surface area (Å²) in [6, 6.07) is 0. The van der Waals surface area contributed by atoms with Gasteiger partial charge in [0.15, 0.2) is 0 Å². The van der Waals surface area contributed by atoms with E-state index in [1.165, 1.54) is 25.7 Å². The Morgan fingerprint density at radius 2 is 2.46 bits per heavy atom. The van der Waals surface area contributed by atoms with Crippen LogP contribution in [0.3, 0.4) is 0 Å². The van der Waals surface area contributed by atoms with Crippen LogP contribution in [-0.4, -0.2) is 0 Å². The zero-order chi connectivity index (χ0) is 9.52. The molecule has 0 saturated heterocycles. The molecule has 0 radical (unpaired) electrons. The predicted molar refractivity (Wildman–Crippen MR) is 59.7 cm³/mol. The molecule has 1 atom stereocenters. The van der Waals surface area contributed by atoms with E-state index in [1.54, 1.807) is 5.57 Å². The topological polar surface area (TPSA) is 0 Å². The highest BCUT2D eigenvalue weighted by atomic mass is 14.3. The number of hydrogen-bond donors (Lipinski definition) is 0. The summed E-state index contributed by atoms with van der Waals surface area (Å²) < 4.78 is 0. The van der Waals surface area contributed by atoms with Gasteiger partial charge in [0, 0.05) is 0 Å². The van der Waals surface area contributed by atoms with Crippen molar-refractivity contribution in [3.63, 3.8) is 0 Å². The van der Waals surface area contributed by atoms with Gasteiger partial charge < -0.3 is 0 Å². The van der Waals surface area contributed by atoms with E-state index in [0.29, 0.717) is 0 Å². The fourth-order valence-electron chi connectivity index (χ4n) is 1.92. The molecule has 0 nitrogen and oxygen atoms in total. The van der Waals surface area contributed by atoms with E-state index >= 15 is 0 Å². The number of rotatable bonds is 2. The quantitative estimate of drug-likeness (QED) is 0.552. The molecule has 13 heavy (non-hydrogen) atoms. The molecular formula is C13H20. The summed E-state index contributed by atoms with van der Waals surface area (Å²) in [7, 11) is 0. The smallest absolute Gasteiger partial charge is 0.0172 e. The van der Waals surface area contributed by atoms with E-state index in [1.807, 2.05) is 19.1 Å². The Kier molecular flexibility index (Phi) is 4.59.